The van der Waals surface area contributed by atoms with Crippen molar-refractivity contribution in [2.45, 2.75) is 23.5 Å². The molecule has 0 saturated heterocycles. The van der Waals surface area contributed by atoms with Crippen LogP contribution in [0.2, 0.25) is 0 Å². The molecule has 110 valence electrons. The van der Waals surface area contributed by atoms with Crippen LogP contribution in [0.25, 0.3) is 0 Å². The number of rotatable bonds is 3. The molecule has 5 heteroatoms. The lowest BCUT2D eigenvalue weighted by molar-refractivity contribution is 0.184. The largest absolute Gasteiger partial charge is 0.487 e. The topological polar surface area (TPSA) is 35.2 Å². The summed E-state index contributed by atoms with van der Waals surface area (Å²) in [6.45, 7) is 0. The van der Waals surface area contributed by atoms with Gasteiger partial charge in [0.15, 0.2) is 0 Å². The smallest absolute Gasteiger partial charge is 0.133 e. The number of thioether (sulfide) groups is 1. The van der Waals surface area contributed by atoms with Crippen LogP contribution in [-0.2, 0) is 6.42 Å². The second kappa shape index (κ2) is 6.38. The first-order valence-corrected chi connectivity index (χ1v) is 8.49. The lowest BCUT2D eigenvalue weighted by Crippen LogP contribution is -2.43. The monoisotopic (exact) mass is 367 g/mol. The highest BCUT2D eigenvalue weighted by Crippen LogP contribution is 2.35. The minimum absolute atomic E-state index is 0.0630. The summed E-state index contributed by atoms with van der Waals surface area (Å²) in [5.41, 5.74) is 7.14. The second-order valence-electron chi connectivity index (χ2n) is 5.06. The van der Waals surface area contributed by atoms with Crippen molar-refractivity contribution >= 4 is 27.7 Å². The van der Waals surface area contributed by atoms with Gasteiger partial charge in [-0.05, 0) is 42.3 Å². The van der Waals surface area contributed by atoms with Crippen LogP contribution in [0.1, 0.15) is 5.56 Å². The molecule has 1 aliphatic heterocycles. The Morgan fingerprint density at radius 2 is 2.14 bits per heavy atom. The third kappa shape index (κ3) is 3.59. The average molecular weight is 368 g/mol. The van der Waals surface area contributed by atoms with E-state index in [4.69, 9.17) is 10.5 Å². The Labute approximate surface area is 136 Å². The highest BCUT2D eigenvalue weighted by molar-refractivity contribution is 9.10. The molecule has 0 bridgehead atoms. The molecule has 1 heterocycles. The number of hydrogen-bond acceptors (Lipinski definition) is 3. The first kappa shape index (κ1) is 14.9. The van der Waals surface area contributed by atoms with Crippen molar-refractivity contribution in [2.75, 3.05) is 5.75 Å². The molecule has 2 atom stereocenters. The molecule has 0 saturated carbocycles. The number of nitrogens with two attached hydrogens (primary N) is 1. The zero-order chi connectivity index (χ0) is 14.8. The summed E-state index contributed by atoms with van der Waals surface area (Å²) in [4.78, 5) is 1.15. The van der Waals surface area contributed by atoms with Gasteiger partial charge in [0.2, 0.25) is 0 Å². The van der Waals surface area contributed by atoms with E-state index in [1.54, 1.807) is 11.8 Å². The van der Waals surface area contributed by atoms with E-state index in [9.17, 15) is 4.39 Å². The van der Waals surface area contributed by atoms with E-state index in [0.717, 1.165) is 26.4 Å². The summed E-state index contributed by atoms with van der Waals surface area (Å²) in [5, 5.41) is 0. The molecule has 0 fully saturated rings. The molecule has 0 aliphatic carbocycles. The molecule has 3 rings (SSSR count). The van der Waals surface area contributed by atoms with Crippen LogP contribution in [0.3, 0.4) is 0 Å². The summed E-state index contributed by atoms with van der Waals surface area (Å²) in [6.07, 6.45) is 0.524. The van der Waals surface area contributed by atoms with E-state index in [2.05, 4.69) is 15.9 Å². The highest BCUT2D eigenvalue weighted by atomic mass is 79.9. The number of halogens is 2. The minimum Gasteiger partial charge on any atom is -0.487 e. The average Bonchev–Trinajstić information content (AvgIpc) is 2.45. The predicted molar refractivity (Wildman–Crippen MR) is 87.4 cm³/mol. The molecule has 2 aromatic rings. The maximum atomic E-state index is 13.4. The lowest BCUT2D eigenvalue weighted by Gasteiger charge is -2.29. The van der Waals surface area contributed by atoms with Crippen LogP contribution in [0.4, 0.5) is 4.39 Å². The molecule has 21 heavy (non-hydrogen) atoms. The second-order valence-corrected chi connectivity index (χ2v) is 7.04. The quantitative estimate of drug-likeness (QED) is 0.889. The van der Waals surface area contributed by atoms with Gasteiger partial charge >= 0.3 is 0 Å². The number of ether oxygens (including phenoxy) is 1. The predicted octanol–water partition coefficient (Wildman–Crippen LogP) is 4.01. The van der Waals surface area contributed by atoms with Gasteiger partial charge in [0.05, 0.1) is 0 Å². The van der Waals surface area contributed by atoms with E-state index < -0.39 is 0 Å². The van der Waals surface area contributed by atoms with Crippen LogP contribution < -0.4 is 10.5 Å². The van der Waals surface area contributed by atoms with Gasteiger partial charge in [-0.2, -0.15) is 0 Å². The van der Waals surface area contributed by atoms with Crippen LogP contribution in [0, 0.1) is 5.82 Å². The molecule has 2 nitrogen and oxygen atoms in total. The van der Waals surface area contributed by atoms with Gasteiger partial charge in [-0.15, -0.1) is 11.8 Å². The van der Waals surface area contributed by atoms with Crippen molar-refractivity contribution in [1.29, 1.82) is 0 Å². The third-order valence-electron chi connectivity index (χ3n) is 3.40. The van der Waals surface area contributed by atoms with Crippen molar-refractivity contribution in [3.8, 4) is 5.75 Å². The first-order valence-electron chi connectivity index (χ1n) is 6.71. The summed E-state index contributed by atoms with van der Waals surface area (Å²) in [6, 6.07) is 12.7. The molecule has 0 spiro atoms. The van der Waals surface area contributed by atoms with Gasteiger partial charge in [-0.1, -0.05) is 28.1 Å². The van der Waals surface area contributed by atoms with Gasteiger partial charge in [0, 0.05) is 21.2 Å². The summed E-state index contributed by atoms with van der Waals surface area (Å²) < 4.78 is 20.1. The molecular formula is C16H15BrFNOS. The van der Waals surface area contributed by atoms with Gasteiger partial charge in [0.25, 0.3) is 0 Å². The van der Waals surface area contributed by atoms with E-state index >= 15 is 0 Å². The fraction of sp³-hybridized carbons (Fsp3) is 0.250. The minimum atomic E-state index is -0.254. The molecule has 2 aromatic carbocycles. The Kier molecular flexibility index (Phi) is 4.52. The maximum Gasteiger partial charge on any atom is 0.133 e. The Balaban J connectivity index is 1.70. The Morgan fingerprint density at radius 1 is 1.33 bits per heavy atom. The summed E-state index contributed by atoms with van der Waals surface area (Å²) in [5.74, 6) is 1.44. The SMILES string of the molecule is NC(Cc1cc(F)cc(Br)c1)C1CSc2ccccc2O1. The molecule has 0 aromatic heterocycles. The molecule has 0 radical (unpaired) electrons. The number of fused-ring (bicyclic) bond motifs is 1. The van der Waals surface area contributed by atoms with Crippen molar-refractivity contribution in [1.82, 2.24) is 0 Å². The van der Waals surface area contributed by atoms with E-state index in [1.165, 1.54) is 12.1 Å². The summed E-state index contributed by atoms with van der Waals surface area (Å²) >= 11 is 5.06. The number of hydrogen-bond donors (Lipinski definition) is 1. The molecule has 2 unspecified atom stereocenters. The van der Waals surface area contributed by atoms with Crippen molar-refractivity contribution in [3.63, 3.8) is 0 Å². The molecule has 2 N–H and O–H groups in total. The van der Waals surface area contributed by atoms with Crippen molar-refractivity contribution in [3.05, 3.63) is 58.3 Å². The first-order chi connectivity index (χ1) is 10.1. The van der Waals surface area contributed by atoms with E-state index in [1.807, 2.05) is 30.3 Å². The van der Waals surface area contributed by atoms with E-state index in [-0.39, 0.29) is 18.0 Å². The van der Waals surface area contributed by atoms with Gasteiger partial charge in [-0.25, -0.2) is 4.39 Å². The van der Waals surface area contributed by atoms with Gasteiger partial charge in [-0.3, -0.25) is 0 Å². The van der Waals surface area contributed by atoms with Gasteiger partial charge in [0.1, 0.15) is 17.7 Å². The summed E-state index contributed by atoms with van der Waals surface area (Å²) in [7, 11) is 0. The Bertz CT molecular complexity index is 632. The number of para-hydroxylation sites is 1. The van der Waals surface area contributed by atoms with Crippen molar-refractivity contribution in [2.24, 2.45) is 5.73 Å². The van der Waals surface area contributed by atoms with Gasteiger partial charge < -0.3 is 10.5 Å². The Hall–Kier alpha value is -1.04. The van der Waals surface area contributed by atoms with Crippen LogP contribution in [0.15, 0.2) is 51.8 Å². The van der Waals surface area contributed by atoms with Crippen LogP contribution >= 0.6 is 27.7 Å². The molecular weight excluding hydrogens is 353 g/mol. The Morgan fingerprint density at radius 3 is 2.95 bits per heavy atom. The fourth-order valence-electron chi connectivity index (χ4n) is 2.38. The van der Waals surface area contributed by atoms with Crippen LogP contribution in [-0.4, -0.2) is 17.9 Å². The third-order valence-corrected chi connectivity index (χ3v) is 5.00. The standard InChI is InChI=1S/C16H15BrFNOS/c17-11-5-10(6-12(18)8-11)7-13(19)15-9-21-16-4-2-1-3-14(16)20-15/h1-6,8,13,15H,7,9,19H2. The van der Waals surface area contributed by atoms with Crippen LogP contribution in [0.5, 0.6) is 5.75 Å². The maximum absolute atomic E-state index is 13.4. The normalized spacial score (nSPS) is 18.7. The zero-order valence-corrected chi connectivity index (χ0v) is 13.7. The number of benzene rings is 2. The molecule has 0 amide bonds. The highest BCUT2D eigenvalue weighted by Gasteiger charge is 2.25. The van der Waals surface area contributed by atoms with E-state index in [0.29, 0.717) is 6.42 Å². The van der Waals surface area contributed by atoms with Crippen molar-refractivity contribution < 1.29 is 9.13 Å². The molecule has 1 aliphatic rings. The fourth-order valence-corrected chi connectivity index (χ4v) is 3.98. The zero-order valence-electron chi connectivity index (χ0n) is 11.3. The lowest BCUT2D eigenvalue weighted by atomic mass is 10.0.